The molecule has 4 aliphatic rings. The molecular formula is C39H73N3O5. The van der Waals surface area contributed by atoms with E-state index in [1.54, 1.807) is 0 Å². The van der Waals surface area contributed by atoms with Crippen molar-refractivity contribution >= 4 is 5.97 Å². The highest BCUT2D eigenvalue weighted by atomic mass is 16.5. The topological polar surface area (TPSA) is 132 Å². The molecule has 0 radical (unpaired) electrons. The number of nitrogens with two attached hydrogens (primary N) is 3. The smallest absolute Gasteiger partial charge is 0.305 e. The first-order chi connectivity index (χ1) is 22.7. The van der Waals surface area contributed by atoms with Gasteiger partial charge in [-0.25, -0.2) is 0 Å². The minimum Gasteiger partial charge on any atom is -0.466 e. The van der Waals surface area contributed by atoms with E-state index < -0.39 is 0 Å². The Labute approximate surface area is 287 Å². The van der Waals surface area contributed by atoms with Crippen molar-refractivity contribution in [2.24, 2.45) is 63.5 Å². The van der Waals surface area contributed by atoms with Crippen LogP contribution in [0.15, 0.2) is 0 Å². The van der Waals surface area contributed by atoms with Crippen molar-refractivity contribution in [3.05, 3.63) is 0 Å². The number of carbonyl (C=O) groups excluding carboxylic acids is 1. The fourth-order valence-corrected chi connectivity index (χ4v) is 10.9. The molecule has 0 aliphatic heterocycles. The normalized spacial score (nSPS) is 37.2. The van der Waals surface area contributed by atoms with Crippen LogP contribution >= 0.6 is 0 Å². The van der Waals surface area contributed by atoms with E-state index in [2.05, 4.69) is 27.7 Å². The summed E-state index contributed by atoms with van der Waals surface area (Å²) >= 11 is 0. The fourth-order valence-electron chi connectivity index (χ4n) is 10.9. The highest BCUT2D eigenvalue weighted by molar-refractivity contribution is 5.69. The summed E-state index contributed by atoms with van der Waals surface area (Å²) in [5.41, 5.74) is 18.0. The summed E-state index contributed by atoms with van der Waals surface area (Å²) in [6.07, 6.45) is 17.5. The molecule has 0 heterocycles. The van der Waals surface area contributed by atoms with E-state index in [0.29, 0.717) is 74.3 Å². The first kappa shape index (κ1) is 39.0. The van der Waals surface area contributed by atoms with Gasteiger partial charge in [0, 0.05) is 31.7 Å². The van der Waals surface area contributed by atoms with E-state index in [4.69, 9.17) is 36.1 Å². The lowest BCUT2D eigenvalue weighted by Gasteiger charge is -2.65. The molecule has 0 saturated heterocycles. The van der Waals surface area contributed by atoms with Crippen LogP contribution in [-0.2, 0) is 23.7 Å². The highest BCUT2D eigenvalue weighted by Crippen LogP contribution is 2.69. The van der Waals surface area contributed by atoms with E-state index in [1.807, 2.05) is 0 Å². The van der Waals surface area contributed by atoms with Crippen molar-refractivity contribution in [3.63, 3.8) is 0 Å². The van der Waals surface area contributed by atoms with Crippen LogP contribution in [0.4, 0.5) is 0 Å². The number of unbranched alkanes of at least 4 members (excludes halogenated alkanes) is 3. The van der Waals surface area contributed by atoms with Crippen molar-refractivity contribution < 1.29 is 23.7 Å². The van der Waals surface area contributed by atoms with Crippen LogP contribution in [0.3, 0.4) is 0 Å². The van der Waals surface area contributed by atoms with Crippen molar-refractivity contribution in [2.45, 2.75) is 149 Å². The maximum Gasteiger partial charge on any atom is 0.305 e. The quantitative estimate of drug-likeness (QED) is 0.0924. The third-order valence-electron chi connectivity index (χ3n) is 13.6. The van der Waals surface area contributed by atoms with E-state index in [9.17, 15) is 4.79 Å². The van der Waals surface area contributed by atoms with Crippen molar-refractivity contribution in [3.8, 4) is 0 Å². The van der Waals surface area contributed by atoms with Gasteiger partial charge in [0.05, 0.1) is 24.9 Å². The zero-order valence-corrected chi connectivity index (χ0v) is 30.7. The van der Waals surface area contributed by atoms with E-state index in [1.165, 1.54) is 32.1 Å². The number of hydrogen-bond acceptors (Lipinski definition) is 8. The van der Waals surface area contributed by atoms with Gasteiger partial charge < -0.3 is 36.1 Å². The Balaban J connectivity index is 1.54. The fraction of sp³-hybridized carbons (Fsp3) is 0.974. The second kappa shape index (κ2) is 19.0. The summed E-state index contributed by atoms with van der Waals surface area (Å²) in [4.78, 5) is 12.7. The summed E-state index contributed by atoms with van der Waals surface area (Å²) in [6.45, 7) is 14.5. The maximum atomic E-state index is 12.7. The zero-order valence-electron chi connectivity index (χ0n) is 30.7. The molecule has 0 aromatic heterocycles. The van der Waals surface area contributed by atoms with Gasteiger partial charge in [-0.05, 0) is 138 Å². The molecule has 47 heavy (non-hydrogen) atoms. The lowest BCUT2D eigenvalue weighted by molar-refractivity contribution is -0.227. The number of fused-ring (bicyclic) bond motifs is 5. The second-order valence-electron chi connectivity index (χ2n) is 16.3. The van der Waals surface area contributed by atoms with Gasteiger partial charge in [-0.3, -0.25) is 4.79 Å². The average Bonchev–Trinajstić information content (AvgIpc) is 3.42. The van der Waals surface area contributed by atoms with Gasteiger partial charge in [-0.15, -0.1) is 0 Å². The molecule has 4 rings (SSSR count). The van der Waals surface area contributed by atoms with Crippen LogP contribution in [0.2, 0.25) is 0 Å². The van der Waals surface area contributed by atoms with Crippen LogP contribution in [-0.4, -0.2) is 70.3 Å². The Kier molecular flexibility index (Phi) is 15.8. The molecule has 8 nitrogen and oxygen atoms in total. The molecule has 8 heteroatoms. The maximum absolute atomic E-state index is 12.7. The van der Waals surface area contributed by atoms with Crippen molar-refractivity contribution in [1.82, 2.24) is 0 Å². The molecule has 0 aromatic rings. The van der Waals surface area contributed by atoms with Gasteiger partial charge in [0.1, 0.15) is 0 Å². The molecule has 0 bridgehead atoms. The minimum atomic E-state index is -0.0327. The Morgan fingerprint density at radius 3 is 2.19 bits per heavy atom. The number of ether oxygens (including phenoxy) is 4. The number of esters is 1. The van der Waals surface area contributed by atoms with Gasteiger partial charge >= 0.3 is 5.97 Å². The minimum absolute atomic E-state index is 0.0327. The molecule has 6 N–H and O–H groups in total. The summed E-state index contributed by atoms with van der Waals surface area (Å²) in [5.74, 6) is 3.12. The van der Waals surface area contributed by atoms with E-state index >= 15 is 0 Å². The van der Waals surface area contributed by atoms with Gasteiger partial charge in [-0.2, -0.15) is 0 Å². The summed E-state index contributed by atoms with van der Waals surface area (Å²) in [6, 6.07) is 0. The van der Waals surface area contributed by atoms with Crippen LogP contribution in [0, 0.1) is 46.3 Å². The molecular weight excluding hydrogens is 590 g/mol. The SMILES string of the molecule is CCCCCCOC(=O)CCC(C)[C@H]1CC[C@H]2C3[C@H](OCCCN)C[C@@H]4C[C@H](OCCCN)CC[C@]4(C)[C@H]3C[C@H](OCCCN)[C@]12C. The summed E-state index contributed by atoms with van der Waals surface area (Å²) in [5, 5.41) is 0. The molecule has 11 atom stereocenters. The van der Waals surface area contributed by atoms with Crippen LogP contribution in [0.25, 0.3) is 0 Å². The standard InChI is InChI=1S/C39H73N3O5/c1-5-6-7-8-21-47-36(43)15-12-28(2)31-13-14-32-37-33(27-35(39(31,32)4)46-24-11-20-42)38(3)17-16-30(44-22-9-18-40)25-29(38)26-34(37)45-23-10-19-41/h28-35,37H,5-27,40-42H2,1-4H3/t28?,29-,30+,31+,32-,33-,34+,35-,37?,38-,39+/m0/s1. The average molecular weight is 664 g/mol. The first-order valence-electron chi connectivity index (χ1n) is 19.8. The number of carbonyl (C=O) groups is 1. The monoisotopic (exact) mass is 664 g/mol. The largest absolute Gasteiger partial charge is 0.466 e. The molecule has 4 aliphatic carbocycles. The van der Waals surface area contributed by atoms with E-state index in [-0.39, 0.29) is 29.0 Å². The molecule has 4 fully saturated rings. The van der Waals surface area contributed by atoms with Gasteiger partial charge in [0.15, 0.2) is 0 Å². The predicted octanol–water partition coefficient (Wildman–Crippen LogP) is 6.61. The zero-order chi connectivity index (χ0) is 33.9. The van der Waals surface area contributed by atoms with Gasteiger partial charge in [-0.1, -0.05) is 47.0 Å². The van der Waals surface area contributed by atoms with E-state index in [0.717, 1.165) is 84.0 Å². The lowest BCUT2D eigenvalue weighted by Crippen LogP contribution is -2.63. The Morgan fingerprint density at radius 2 is 1.49 bits per heavy atom. The van der Waals surface area contributed by atoms with Crippen LogP contribution in [0.5, 0.6) is 0 Å². The van der Waals surface area contributed by atoms with Crippen molar-refractivity contribution in [1.29, 1.82) is 0 Å². The molecule has 0 spiro atoms. The summed E-state index contributed by atoms with van der Waals surface area (Å²) in [7, 11) is 0. The molecule has 274 valence electrons. The Morgan fingerprint density at radius 1 is 0.787 bits per heavy atom. The first-order valence-corrected chi connectivity index (χ1v) is 19.8. The Bertz CT molecular complexity index is 923. The third-order valence-corrected chi connectivity index (χ3v) is 13.6. The molecule has 0 amide bonds. The number of hydrogen-bond donors (Lipinski definition) is 3. The second-order valence-corrected chi connectivity index (χ2v) is 16.3. The van der Waals surface area contributed by atoms with Crippen molar-refractivity contribution in [2.75, 3.05) is 46.1 Å². The van der Waals surface area contributed by atoms with Crippen LogP contribution in [0.1, 0.15) is 130 Å². The Hall–Kier alpha value is -0.770. The molecule has 2 unspecified atom stereocenters. The van der Waals surface area contributed by atoms with Gasteiger partial charge in [0.2, 0.25) is 0 Å². The third kappa shape index (κ3) is 9.32. The molecule has 4 saturated carbocycles. The predicted molar refractivity (Wildman–Crippen MR) is 190 cm³/mol. The number of rotatable bonds is 21. The lowest BCUT2D eigenvalue weighted by atomic mass is 9.43. The molecule has 0 aromatic carbocycles. The summed E-state index contributed by atoms with van der Waals surface area (Å²) < 4.78 is 25.9. The highest BCUT2D eigenvalue weighted by Gasteiger charge is 2.66. The van der Waals surface area contributed by atoms with Gasteiger partial charge in [0.25, 0.3) is 0 Å². The van der Waals surface area contributed by atoms with Crippen LogP contribution < -0.4 is 17.2 Å².